The van der Waals surface area contributed by atoms with Crippen LogP contribution in [0.4, 0.5) is 23.4 Å². The van der Waals surface area contributed by atoms with E-state index in [9.17, 15) is 22.7 Å². The SMILES string of the molecule is CCc1nc(-c2cc(F)c(OC)cc2F)cnc1N1CCC[C@](NCc2ccccc2)([C@H](O)C(F)F)C1. The van der Waals surface area contributed by atoms with Gasteiger partial charge in [-0.3, -0.25) is 0 Å². The molecule has 1 aromatic heterocycles. The molecule has 0 spiro atoms. The number of halogens is 4. The van der Waals surface area contributed by atoms with Gasteiger partial charge in [-0.25, -0.2) is 27.5 Å². The molecule has 2 atom stereocenters. The highest BCUT2D eigenvalue weighted by Crippen LogP contribution is 2.34. The average Bonchev–Trinajstić information content (AvgIpc) is 2.92. The van der Waals surface area contributed by atoms with Crippen LogP contribution in [0.25, 0.3) is 11.3 Å². The number of hydrogen-bond acceptors (Lipinski definition) is 6. The predicted molar refractivity (Wildman–Crippen MR) is 133 cm³/mol. The molecular weight excluding hydrogens is 488 g/mol. The molecule has 10 heteroatoms. The average molecular weight is 519 g/mol. The number of piperidine rings is 1. The smallest absolute Gasteiger partial charge is 0.265 e. The van der Waals surface area contributed by atoms with Crippen molar-refractivity contribution in [3.63, 3.8) is 0 Å². The highest BCUT2D eigenvalue weighted by molar-refractivity contribution is 5.62. The lowest BCUT2D eigenvalue weighted by atomic mass is 9.83. The van der Waals surface area contributed by atoms with Crippen LogP contribution in [0, 0.1) is 11.6 Å². The van der Waals surface area contributed by atoms with Crippen LogP contribution in [0.5, 0.6) is 5.75 Å². The summed E-state index contributed by atoms with van der Waals surface area (Å²) in [6.07, 6.45) is -2.17. The molecule has 6 nitrogen and oxygen atoms in total. The fourth-order valence-electron chi connectivity index (χ4n) is 4.80. The molecule has 0 aliphatic carbocycles. The van der Waals surface area contributed by atoms with Crippen molar-refractivity contribution in [3.8, 4) is 17.0 Å². The normalized spacial score (nSPS) is 18.8. The summed E-state index contributed by atoms with van der Waals surface area (Å²) >= 11 is 0. The van der Waals surface area contributed by atoms with Gasteiger partial charge in [-0.1, -0.05) is 37.3 Å². The van der Waals surface area contributed by atoms with E-state index in [1.54, 1.807) is 0 Å². The van der Waals surface area contributed by atoms with Crippen LogP contribution in [0.1, 0.15) is 31.0 Å². The number of aliphatic hydroxyl groups excluding tert-OH is 1. The first-order chi connectivity index (χ1) is 17.8. The second kappa shape index (κ2) is 11.4. The van der Waals surface area contributed by atoms with Gasteiger partial charge in [0.15, 0.2) is 11.6 Å². The van der Waals surface area contributed by atoms with Crippen molar-refractivity contribution < 1.29 is 27.4 Å². The van der Waals surface area contributed by atoms with Crippen LogP contribution in [-0.2, 0) is 13.0 Å². The Kier molecular flexibility index (Phi) is 8.29. The Morgan fingerprint density at radius 3 is 2.59 bits per heavy atom. The van der Waals surface area contributed by atoms with E-state index in [0.29, 0.717) is 43.9 Å². The molecule has 4 rings (SSSR count). The van der Waals surface area contributed by atoms with Gasteiger partial charge in [-0.15, -0.1) is 0 Å². The summed E-state index contributed by atoms with van der Waals surface area (Å²) in [6, 6.07) is 11.3. The van der Waals surface area contributed by atoms with E-state index >= 15 is 0 Å². The molecule has 0 amide bonds. The molecule has 1 fully saturated rings. The molecule has 0 bridgehead atoms. The molecule has 3 aromatic rings. The van der Waals surface area contributed by atoms with Gasteiger partial charge in [0, 0.05) is 31.3 Å². The third-order valence-electron chi connectivity index (χ3n) is 6.79. The fraction of sp³-hybridized carbons (Fsp3) is 0.407. The zero-order valence-electron chi connectivity index (χ0n) is 20.7. The van der Waals surface area contributed by atoms with Crippen LogP contribution in [0.2, 0.25) is 0 Å². The maximum absolute atomic E-state index is 14.7. The molecule has 0 saturated carbocycles. The molecule has 1 aliphatic rings. The number of aliphatic hydroxyl groups is 1. The van der Waals surface area contributed by atoms with E-state index < -0.39 is 29.7 Å². The molecule has 198 valence electrons. The van der Waals surface area contributed by atoms with E-state index in [-0.39, 0.29) is 23.6 Å². The molecule has 37 heavy (non-hydrogen) atoms. The lowest BCUT2D eigenvalue weighted by molar-refractivity contribution is -0.0658. The zero-order valence-corrected chi connectivity index (χ0v) is 20.7. The minimum absolute atomic E-state index is 0.0577. The number of ether oxygens (including phenoxy) is 1. The highest BCUT2D eigenvalue weighted by Gasteiger charge is 2.46. The second-order valence-corrected chi connectivity index (χ2v) is 9.15. The van der Waals surface area contributed by atoms with Gasteiger partial charge in [-0.2, -0.15) is 0 Å². The summed E-state index contributed by atoms with van der Waals surface area (Å²) < 4.78 is 61.4. The summed E-state index contributed by atoms with van der Waals surface area (Å²) in [4.78, 5) is 10.9. The topological polar surface area (TPSA) is 70.5 Å². The number of alkyl halides is 2. The molecule has 2 N–H and O–H groups in total. The van der Waals surface area contributed by atoms with Gasteiger partial charge < -0.3 is 20.1 Å². The van der Waals surface area contributed by atoms with Gasteiger partial charge in [0.2, 0.25) is 0 Å². The Bertz CT molecular complexity index is 1210. The Balaban J connectivity index is 1.64. The number of anilines is 1. The summed E-state index contributed by atoms with van der Waals surface area (Å²) in [7, 11) is 1.25. The molecule has 0 radical (unpaired) electrons. The number of aryl methyl sites for hydroxylation is 1. The molecule has 1 aliphatic heterocycles. The number of methoxy groups -OCH3 is 1. The Labute approximate surface area is 213 Å². The van der Waals surface area contributed by atoms with Crippen LogP contribution in [-0.4, -0.2) is 53.3 Å². The maximum atomic E-state index is 14.7. The molecule has 2 heterocycles. The van der Waals surface area contributed by atoms with E-state index in [0.717, 1.165) is 17.7 Å². The number of hydrogen-bond donors (Lipinski definition) is 2. The predicted octanol–water partition coefficient (Wildman–Crippen LogP) is 4.75. The second-order valence-electron chi connectivity index (χ2n) is 9.15. The first kappa shape index (κ1) is 26.8. The van der Waals surface area contributed by atoms with Crippen LogP contribution < -0.4 is 15.0 Å². The Morgan fingerprint density at radius 2 is 1.92 bits per heavy atom. The van der Waals surface area contributed by atoms with Gasteiger partial charge in [0.25, 0.3) is 6.43 Å². The molecule has 0 unspecified atom stereocenters. The number of nitrogens with zero attached hydrogens (tertiary/aromatic N) is 3. The van der Waals surface area contributed by atoms with E-state index in [1.165, 1.54) is 13.3 Å². The summed E-state index contributed by atoms with van der Waals surface area (Å²) in [5.41, 5.74) is 0.236. The van der Waals surface area contributed by atoms with Crippen LogP contribution >= 0.6 is 0 Å². The van der Waals surface area contributed by atoms with Crippen molar-refractivity contribution in [2.45, 2.75) is 50.8 Å². The number of rotatable bonds is 9. The molecule has 2 aromatic carbocycles. The number of nitrogens with one attached hydrogen (secondary N) is 1. The van der Waals surface area contributed by atoms with Gasteiger partial charge >= 0.3 is 0 Å². The van der Waals surface area contributed by atoms with E-state index in [1.807, 2.05) is 42.2 Å². The van der Waals surface area contributed by atoms with Crippen molar-refractivity contribution in [1.29, 1.82) is 0 Å². The molecule has 1 saturated heterocycles. The minimum Gasteiger partial charge on any atom is -0.494 e. The summed E-state index contributed by atoms with van der Waals surface area (Å²) in [6.45, 7) is 2.77. The minimum atomic E-state index is -2.93. The highest BCUT2D eigenvalue weighted by atomic mass is 19.3. The summed E-state index contributed by atoms with van der Waals surface area (Å²) in [5.74, 6) is -1.18. The van der Waals surface area contributed by atoms with Crippen molar-refractivity contribution in [1.82, 2.24) is 15.3 Å². The van der Waals surface area contributed by atoms with Crippen molar-refractivity contribution in [2.75, 3.05) is 25.1 Å². The number of benzene rings is 2. The van der Waals surface area contributed by atoms with Crippen LogP contribution in [0.15, 0.2) is 48.7 Å². The van der Waals surface area contributed by atoms with Gasteiger partial charge in [-0.05, 0) is 30.9 Å². The third kappa shape index (κ3) is 5.70. The quantitative estimate of drug-likeness (QED) is 0.399. The maximum Gasteiger partial charge on any atom is 0.265 e. The zero-order chi connectivity index (χ0) is 26.6. The monoisotopic (exact) mass is 518 g/mol. The van der Waals surface area contributed by atoms with E-state index in [2.05, 4.69) is 15.3 Å². The van der Waals surface area contributed by atoms with Crippen molar-refractivity contribution in [3.05, 3.63) is 71.6 Å². The number of aromatic nitrogens is 2. The third-order valence-corrected chi connectivity index (χ3v) is 6.79. The van der Waals surface area contributed by atoms with Gasteiger partial charge in [0.1, 0.15) is 17.7 Å². The lowest BCUT2D eigenvalue weighted by Gasteiger charge is -2.46. The van der Waals surface area contributed by atoms with Gasteiger partial charge in [0.05, 0.1) is 30.2 Å². The van der Waals surface area contributed by atoms with E-state index in [4.69, 9.17) is 4.74 Å². The first-order valence-electron chi connectivity index (χ1n) is 12.2. The first-order valence-corrected chi connectivity index (χ1v) is 12.2. The lowest BCUT2D eigenvalue weighted by Crippen LogP contribution is -2.65. The Hall–Kier alpha value is -3.24. The van der Waals surface area contributed by atoms with Crippen LogP contribution in [0.3, 0.4) is 0 Å². The standard InChI is InChI=1S/C27H30F4N4O2/c1-3-21-26(32-15-22(34-21)18-12-20(29)23(37-2)13-19(18)28)35-11-7-10-27(16-35,24(36)25(30)31)33-14-17-8-5-4-6-9-17/h4-6,8-9,12-13,15,24-25,33,36H,3,7,10-11,14,16H2,1-2H3/t24-,27-/m1/s1. The fourth-order valence-corrected chi connectivity index (χ4v) is 4.80. The largest absolute Gasteiger partial charge is 0.494 e. The van der Waals surface area contributed by atoms with Crippen molar-refractivity contribution >= 4 is 5.82 Å². The summed E-state index contributed by atoms with van der Waals surface area (Å²) in [5, 5.41) is 13.8. The van der Waals surface area contributed by atoms with Crippen molar-refractivity contribution in [2.24, 2.45) is 0 Å². The molecular formula is C27H30F4N4O2. The Morgan fingerprint density at radius 1 is 1.16 bits per heavy atom.